The fraction of sp³-hybridized carbons (Fsp3) is 0.0909. The molecule has 2 aromatic rings. The molecule has 0 fully saturated rings. The number of carbonyl (C=O) groups is 1. The van der Waals surface area contributed by atoms with Crippen molar-refractivity contribution in [2.24, 2.45) is 5.73 Å². The molecule has 0 atom stereocenters. The van der Waals surface area contributed by atoms with Gasteiger partial charge >= 0.3 is 0 Å². The summed E-state index contributed by atoms with van der Waals surface area (Å²) in [6.45, 7) is 0.306. The van der Waals surface area contributed by atoms with E-state index >= 15 is 0 Å². The maximum absolute atomic E-state index is 11.8. The molecular weight excluding hydrogens is 238 g/mol. The largest absolute Gasteiger partial charge is 0.363 e. The van der Waals surface area contributed by atoms with Gasteiger partial charge in [0.05, 0.1) is 22.5 Å². The zero-order chi connectivity index (χ0) is 12.1. The number of nitrogens with two attached hydrogens (primary N) is 1. The number of hydrogen-bond donors (Lipinski definition) is 2. The van der Waals surface area contributed by atoms with Crippen LogP contribution in [0.3, 0.4) is 0 Å². The highest BCUT2D eigenvalue weighted by Crippen LogP contribution is 2.17. The van der Waals surface area contributed by atoms with Crippen LogP contribution in [0.1, 0.15) is 14.5 Å². The lowest BCUT2D eigenvalue weighted by molar-refractivity contribution is 0.103. The molecule has 0 aromatic carbocycles. The molecule has 6 heteroatoms. The minimum Gasteiger partial charge on any atom is -0.363 e. The third-order valence-corrected chi connectivity index (χ3v) is 2.83. The number of amides is 1. The first-order chi connectivity index (χ1) is 8.29. The van der Waals surface area contributed by atoms with E-state index in [0.717, 1.165) is 4.88 Å². The summed E-state index contributed by atoms with van der Waals surface area (Å²) in [6.07, 6.45) is 2.79. The van der Waals surface area contributed by atoms with E-state index in [9.17, 15) is 4.79 Å². The highest BCUT2D eigenvalue weighted by Gasteiger charge is 2.09. The molecule has 0 saturated heterocycles. The summed E-state index contributed by atoms with van der Waals surface area (Å²) in [4.78, 5) is 13.1. The smallest absolute Gasteiger partial charge is 0.265 e. The third-order valence-electron chi connectivity index (χ3n) is 1.83. The molecule has 1 amide bonds. The maximum Gasteiger partial charge on any atom is 0.265 e. The molecule has 0 bridgehead atoms. The molecule has 2 rings (SSSR count). The van der Waals surface area contributed by atoms with E-state index in [2.05, 4.69) is 26.8 Å². The molecule has 86 valence electrons. The van der Waals surface area contributed by atoms with Crippen LogP contribution in [-0.2, 0) is 0 Å². The van der Waals surface area contributed by atoms with Gasteiger partial charge in [-0.1, -0.05) is 17.0 Å². The van der Waals surface area contributed by atoms with Crippen molar-refractivity contribution in [2.45, 2.75) is 0 Å². The molecule has 2 heterocycles. The van der Waals surface area contributed by atoms with E-state index in [-0.39, 0.29) is 5.91 Å². The molecule has 0 aliphatic rings. The van der Waals surface area contributed by atoms with E-state index in [0.29, 0.717) is 17.1 Å². The van der Waals surface area contributed by atoms with E-state index in [1.54, 1.807) is 12.1 Å². The van der Waals surface area contributed by atoms with Crippen molar-refractivity contribution in [1.82, 2.24) is 5.16 Å². The molecule has 0 saturated carbocycles. The van der Waals surface area contributed by atoms with Crippen LogP contribution in [0, 0.1) is 11.8 Å². The van der Waals surface area contributed by atoms with E-state index in [4.69, 9.17) is 5.73 Å². The van der Waals surface area contributed by atoms with Gasteiger partial charge in [0.1, 0.15) is 12.0 Å². The Labute approximate surface area is 102 Å². The Kier molecular flexibility index (Phi) is 3.55. The number of rotatable bonds is 2. The predicted molar refractivity (Wildman–Crippen MR) is 64.7 cm³/mol. The summed E-state index contributed by atoms with van der Waals surface area (Å²) in [5, 5.41) is 6.14. The maximum atomic E-state index is 11.8. The van der Waals surface area contributed by atoms with Crippen LogP contribution >= 0.6 is 11.3 Å². The molecule has 0 aliphatic heterocycles. The van der Waals surface area contributed by atoms with Gasteiger partial charge in [-0.05, 0) is 12.1 Å². The Hall–Kier alpha value is -2.10. The van der Waals surface area contributed by atoms with Crippen molar-refractivity contribution >= 4 is 22.9 Å². The molecular formula is C11H9N3O2S. The van der Waals surface area contributed by atoms with Gasteiger partial charge in [-0.3, -0.25) is 4.79 Å². The summed E-state index contributed by atoms with van der Waals surface area (Å²) >= 11 is 1.31. The Morgan fingerprint density at radius 1 is 1.59 bits per heavy atom. The SMILES string of the molecule is NCC#Cc1ccc(C(=O)Nc2cnoc2)s1. The zero-order valence-electron chi connectivity index (χ0n) is 8.77. The standard InChI is InChI=1S/C11H9N3O2S/c12-5-1-2-9-3-4-10(17-9)11(15)14-8-6-13-16-7-8/h3-4,6-7H,5,12H2,(H,14,15). The molecule has 2 aromatic heterocycles. The van der Waals surface area contributed by atoms with Gasteiger partial charge in [-0.2, -0.15) is 0 Å². The molecule has 5 nitrogen and oxygen atoms in total. The topological polar surface area (TPSA) is 81.2 Å². The van der Waals surface area contributed by atoms with Crippen LogP contribution < -0.4 is 11.1 Å². The van der Waals surface area contributed by atoms with Gasteiger partial charge in [0.15, 0.2) is 0 Å². The van der Waals surface area contributed by atoms with Crippen molar-refractivity contribution in [3.63, 3.8) is 0 Å². The zero-order valence-corrected chi connectivity index (χ0v) is 9.58. The first kappa shape index (κ1) is 11.4. The number of aromatic nitrogens is 1. The van der Waals surface area contributed by atoms with Crippen LogP contribution in [-0.4, -0.2) is 17.6 Å². The second kappa shape index (κ2) is 5.30. The summed E-state index contributed by atoms with van der Waals surface area (Å²) in [5.41, 5.74) is 5.79. The number of thiophene rings is 1. The van der Waals surface area contributed by atoms with Crippen molar-refractivity contribution in [1.29, 1.82) is 0 Å². The quantitative estimate of drug-likeness (QED) is 0.784. The summed E-state index contributed by atoms with van der Waals surface area (Å²) in [6, 6.07) is 3.50. The first-order valence-corrected chi connectivity index (χ1v) is 5.61. The van der Waals surface area contributed by atoms with Gasteiger partial charge < -0.3 is 15.6 Å². The molecule has 3 N–H and O–H groups in total. The molecule has 17 heavy (non-hydrogen) atoms. The summed E-state index contributed by atoms with van der Waals surface area (Å²) in [5.74, 6) is 5.40. The summed E-state index contributed by atoms with van der Waals surface area (Å²) in [7, 11) is 0. The van der Waals surface area contributed by atoms with Crippen LogP contribution in [0.4, 0.5) is 5.69 Å². The number of nitrogens with zero attached hydrogens (tertiary/aromatic N) is 1. The fourth-order valence-corrected chi connectivity index (χ4v) is 1.90. The minimum absolute atomic E-state index is 0.209. The Morgan fingerprint density at radius 3 is 3.18 bits per heavy atom. The lowest BCUT2D eigenvalue weighted by Crippen LogP contribution is -2.09. The number of hydrogen-bond acceptors (Lipinski definition) is 5. The van der Waals surface area contributed by atoms with Crippen molar-refractivity contribution in [3.05, 3.63) is 34.3 Å². The van der Waals surface area contributed by atoms with Crippen LogP contribution in [0.25, 0.3) is 0 Å². The van der Waals surface area contributed by atoms with Gasteiger partial charge in [0.25, 0.3) is 5.91 Å². The van der Waals surface area contributed by atoms with Crippen LogP contribution in [0.2, 0.25) is 0 Å². The monoisotopic (exact) mass is 247 g/mol. The minimum atomic E-state index is -0.209. The lowest BCUT2D eigenvalue weighted by atomic mass is 10.4. The van der Waals surface area contributed by atoms with Crippen molar-refractivity contribution in [2.75, 3.05) is 11.9 Å². The Bertz CT molecular complexity index is 563. The molecule has 0 spiro atoms. The summed E-state index contributed by atoms with van der Waals surface area (Å²) < 4.78 is 4.61. The lowest BCUT2D eigenvalue weighted by Gasteiger charge is -1.96. The molecule has 0 radical (unpaired) electrons. The number of anilines is 1. The molecule has 0 unspecified atom stereocenters. The number of carbonyl (C=O) groups excluding carboxylic acids is 1. The van der Waals surface area contributed by atoms with Crippen molar-refractivity contribution < 1.29 is 9.32 Å². The Balaban J connectivity index is 2.07. The van der Waals surface area contributed by atoms with Crippen LogP contribution in [0.15, 0.2) is 29.1 Å². The average Bonchev–Trinajstić information content (AvgIpc) is 2.96. The molecule has 0 aliphatic carbocycles. The highest BCUT2D eigenvalue weighted by atomic mass is 32.1. The highest BCUT2D eigenvalue weighted by molar-refractivity contribution is 7.14. The fourth-order valence-electron chi connectivity index (χ4n) is 1.12. The van der Waals surface area contributed by atoms with Crippen LogP contribution in [0.5, 0.6) is 0 Å². The van der Waals surface area contributed by atoms with E-state index < -0.39 is 0 Å². The van der Waals surface area contributed by atoms with Gasteiger partial charge in [0, 0.05) is 0 Å². The van der Waals surface area contributed by atoms with E-state index in [1.165, 1.54) is 23.8 Å². The van der Waals surface area contributed by atoms with Crippen molar-refractivity contribution in [3.8, 4) is 11.8 Å². The average molecular weight is 247 g/mol. The van der Waals surface area contributed by atoms with E-state index in [1.807, 2.05) is 0 Å². The first-order valence-electron chi connectivity index (χ1n) is 4.79. The Morgan fingerprint density at radius 2 is 2.47 bits per heavy atom. The normalized spacial score (nSPS) is 9.47. The second-order valence-corrected chi connectivity index (χ2v) is 4.12. The van der Waals surface area contributed by atoms with Gasteiger partial charge in [-0.25, -0.2) is 0 Å². The van der Waals surface area contributed by atoms with Gasteiger partial charge in [0.2, 0.25) is 0 Å². The van der Waals surface area contributed by atoms with Gasteiger partial charge in [-0.15, -0.1) is 11.3 Å². The second-order valence-electron chi connectivity index (χ2n) is 3.04. The third kappa shape index (κ3) is 2.93. The number of nitrogens with one attached hydrogen (secondary N) is 1. The predicted octanol–water partition coefficient (Wildman–Crippen LogP) is 1.30.